The van der Waals surface area contributed by atoms with E-state index in [0.717, 1.165) is 23.0 Å². The lowest BCUT2D eigenvalue weighted by Crippen LogP contribution is -2.44. The molecule has 0 saturated heterocycles. The van der Waals surface area contributed by atoms with Gasteiger partial charge in [-0.1, -0.05) is 38.8 Å². The summed E-state index contributed by atoms with van der Waals surface area (Å²) in [5.41, 5.74) is 3.01. The van der Waals surface area contributed by atoms with Crippen LogP contribution in [0.4, 0.5) is 0 Å². The van der Waals surface area contributed by atoms with Crippen LogP contribution in [0.5, 0.6) is 0 Å². The summed E-state index contributed by atoms with van der Waals surface area (Å²) < 4.78 is 5.58. The Labute approximate surface area is 132 Å². The highest BCUT2D eigenvalue weighted by molar-refractivity contribution is 5.88. The van der Waals surface area contributed by atoms with E-state index in [1.807, 2.05) is 19.1 Å². The molecule has 1 aliphatic rings. The maximum Gasteiger partial charge on any atom is 0.224 e. The summed E-state index contributed by atoms with van der Waals surface area (Å²) >= 11 is 0. The lowest BCUT2D eigenvalue weighted by molar-refractivity contribution is -0.121. The number of furan rings is 1. The summed E-state index contributed by atoms with van der Waals surface area (Å²) in [6.45, 7) is 6.58. The molecule has 22 heavy (non-hydrogen) atoms. The van der Waals surface area contributed by atoms with E-state index in [9.17, 15) is 4.79 Å². The summed E-state index contributed by atoms with van der Waals surface area (Å²) in [5.74, 6) is 1.35. The summed E-state index contributed by atoms with van der Waals surface area (Å²) in [6, 6.07) is 6.44. The molecule has 1 saturated carbocycles. The monoisotopic (exact) mass is 299 g/mol. The predicted molar refractivity (Wildman–Crippen MR) is 88.8 cm³/mol. The van der Waals surface area contributed by atoms with Crippen LogP contribution in [0.1, 0.15) is 44.2 Å². The fourth-order valence-electron chi connectivity index (χ4n) is 3.54. The average molecular weight is 299 g/mol. The number of amides is 1. The molecular formula is C19H25NO2. The van der Waals surface area contributed by atoms with Crippen LogP contribution in [0.25, 0.3) is 11.0 Å². The minimum atomic E-state index is 0.106. The van der Waals surface area contributed by atoms with Gasteiger partial charge in [-0.15, -0.1) is 0 Å². The third kappa shape index (κ3) is 3.03. The minimum absolute atomic E-state index is 0.106. The molecule has 0 spiro atoms. The fraction of sp³-hybridized carbons (Fsp3) is 0.526. The third-order valence-electron chi connectivity index (χ3n) is 5.22. The molecule has 0 aliphatic heterocycles. The fourth-order valence-corrected chi connectivity index (χ4v) is 3.54. The lowest BCUT2D eigenvalue weighted by Gasteiger charge is -2.34. The van der Waals surface area contributed by atoms with E-state index in [2.05, 4.69) is 25.2 Å². The summed E-state index contributed by atoms with van der Waals surface area (Å²) in [6.07, 6.45) is 5.70. The molecule has 1 fully saturated rings. The van der Waals surface area contributed by atoms with Gasteiger partial charge in [-0.25, -0.2) is 0 Å². The van der Waals surface area contributed by atoms with Crippen molar-refractivity contribution in [1.82, 2.24) is 5.32 Å². The van der Waals surface area contributed by atoms with E-state index in [4.69, 9.17) is 4.42 Å². The van der Waals surface area contributed by atoms with Crippen LogP contribution < -0.4 is 5.32 Å². The smallest absolute Gasteiger partial charge is 0.224 e. The Balaban J connectivity index is 1.68. The normalized spacial score (nSPS) is 25.3. The SMILES string of the molecule is Cc1ccc2c(CC(=O)NC3CCCC(C)C3C)coc2c1. The first-order chi connectivity index (χ1) is 10.5. The van der Waals surface area contributed by atoms with Crippen molar-refractivity contribution in [2.45, 2.75) is 52.5 Å². The molecule has 1 aromatic carbocycles. The number of rotatable bonds is 3. The molecule has 1 N–H and O–H groups in total. The van der Waals surface area contributed by atoms with Crippen LogP contribution in [0, 0.1) is 18.8 Å². The topological polar surface area (TPSA) is 42.2 Å². The Kier molecular flexibility index (Phi) is 4.23. The maximum absolute atomic E-state index is 12.4. The molecule has 118 valence electrons. The van der Waals surface area contributed by atoms with Crippen LogP contribution in [-0.4, -0.2) is 11.9 Å². The number of fused-ring (bicyclic) bond motifs is 1. The zero-order valence-corrected chi connectivity index (χ0v) is 13.7. The van der Waals surface area contributed by atoms with Crippen LogP contribution in [-0.2, 0) is 11.2 Å². The first-order valence-electron chi connectivity index (χ1n) is 8.30. The van der Waals surface area contributed by atoms with Crippen LogP contribution in [0.15, 0.2) is 28.9 Å². The summed E-state index contributed by atoms with van der Waals surface area (Å²) in [4.78, 5) is 12.4. The van der Waals surface area contributed by atoms with Gasteiger partial charge in [-0.05, 0) is 36.8 Å². The van der Waals surface area contributed by atoms with Crippen LogP contribution in [0.2, 0.25) is 0 Å². The van der Waals surface area contributed by atoms with E-state index in [0.29, 0.717) is 24.3 Å². The van der Waals surface area contributed by atoms with Crippen molar-refractivity contribution in [2.75, 3.05) is 0 Å². The summed E-state index contributed by atoms with van der Waals surface area (Å²) in [5, 5.41) is 4.28. The standard InChI is InChI=1S/C19H25NO2/c1-12-7-8-16-15(11-22-18(16)9-12)10-19(21)20-17-6-4-5-13(2)14(17)3/h7-9,11,13-14,17H,4-6,10H2,1-3H3,(H,20,21). The van der Waals surface area contributed by atoms with Gasteiger partial charge < -0.3 is 9.73 Å². The second-order valence-electron chi connectivity index (χ2n) is 6.88. The first kappa shape index (κ1) is 15.1. The molecule has 1 amide bonds. The molecule has 0 bridgehead atoms. The van der Waals surface area contributed by atoms with Crippen molar-refractivity contribution in [3.63, 3.8) is 0 Å². The van der Waals surface area contributed by atoms with Crippen molar-refractivity contribution in [2.24, 2.45) is 11.8 Å². The van der Waals surface area contributed by atoms with Crippen LogP contribution >= 0.6 is 0 Å². The molecule has 3 atom stereocenters. The second-order valence-corrected chi connectivity index (χ2v) is 6.88. The number of hydrogen-bond donors (Lipinski definition) is 1. The molecule has 1 aromatic heterocycles. The van der Waals surface area contributed by atoms with Gasteiger partial charge in [0.1, 0.15) is 5.58 Å². The number of carbonyl (C=O) groups is 1. The number of benzene rings is 1. The number of carbonyl (C=O) groups excluding carboxylic acids is 1. The third-order valence-corrected chi connectivity index (χ3v) is 5.22. The van der Waals surface area contributed by atoms with Crippen molar-refractivity contribution in [3.05, 3.63) is 35.6 Å². The highest BCUT2D eigenvalue weighted by Gasteiger charge is 2.28. The van der Waals surface area contributed by atoms with Crippen molar-refractivity contribution < 1.29 is 9.21 Å². The zero-order chi connectivity index (χ0) is 15.7. The molecule has 1 heterocycles. The molecule has 3 heteroatoms. The van der Waals surface area contributed by atoms with Crippen LogP contribution in [0.3, 0.4) is 0 Å². The molecule has 1 aliphatic carbocycles. The minimum Gasteiger partial charge on any atom is -0.464 e. The van der Waals surface area contributed by atoms with Gasteiger partial charge in [-0.2, -0.15) is 0 Å². The quantitative estimate of drug-likeness (QED) is 0.921. The van der Waals surface area contributed by atoms with E-state index in [1.165, 1.54) is 18.4 Å². The van der Waals surface area contributed by atoms with Gasteiger partial charge in [0.15, 0.2) is 0 Å². The van der Waals surface area contributed by atoms with Crippen molar-refractivity contribution in [3.8, 4) is 0 Å². The van der Waals surface area contributed by atoms with Gasteiger partial charge in [0, 0.05) is 17.0 Å². The lowest BCUT2D eigenvalue weighted by atomic mass is 9.78. The zero-order valence-electron chi connectivity index (χ0n) is 13.7. The highest BCUT2D eigenvalue weighted by Crippen LogP contribution is 2.29. The second kappa shape index (κ2) is 6.15. The number of nitrogens with one attached hydrogen (secondary N) is 1. The Morgan fingerprint density at radius 2 is 2.14 bits per heavy atom. The molecule has 0 radical (unpaired) electrons. The largest absolute Gasteiger partial charge is 0.464 e. The number of hydrogen-bond acceptors (Lipinski definition) is 2. The Hall–Kier alpha value is -1.77. The van der Waals surface area contributed by atoms with Gasteiger partial charge in [0.2, 0.25) is 5.91 Å². The number of aryl methyl sites for hydroxylation is 1. The van der Waals surface area contributed by atoms with Gasteiger partial charge >= 0.3 is 0 Å². The van der Waals surface area contributed by atoms with Gasteiger partial charge in [0.05, 0.1) is 12.7 Å². The predicted octanol–water partition coefficient (Wildman–Crippen LogP) is 4.22. The highest BCUT2D eigenvalue weighted by atomic mass is 16.3. The molecule has 3 unspecified atom stereocenters. The van der Waals surface area contributed by atoms with E-state index in [1.54, 1.807) is 6.26 Å². The van der Waals surface area contributed by atoms with E-state index in [-0.39, 0.29) is 5.91 Å². The molecular weight excluding hydrogens is 274 g/mol. The molecule has 2 aromatic rings. The van der Waals surface area contributed by atoms with E-state index < -0.39 is 0 Å². The molecule has 3 rings (SSSR count). The van der Waals surface area contributed by atoms with Crippen molar-refractivity contribution in [1.29, 1.82) is 0 Å². The Morgan fingerprint density at radius 3 is 2.95 bits per heavy atom. The van der Waals surface area contributed by atoms with E-state index >= 15 is 0 Å². The van der Waals surface area contributed by atoms with Gasteiger partial charge in [0.25, 0.3) is 0 Å². The average Bonchev–Trinajstić information content (AvgIpc) is 2.86. The maximum atomic E-state index is 12.4. The Bertz CT molecular complexity index is 673. The first-order valence-corrected chi connectivity index (χ1v) is 8.30. The van der Waals surface area contributed by atoms with Gasteiger partial charge in [-0.3, -0.25) is 4.79 Å². The Morgan fingerprint density at radius 1 is 1.32 bits per heavy atom. The molecule has 3 nitrogen and oxygen atoms in total. The van der Waals surface area contributed by atoms with Crippen molar-refractivity contribution >= 4 is 16.9 Å². The summed E-state index contributed by atoms with van der Waals surface area (Å²) in [7, 11) is 0.